The van der Waals surface area contributed by atoms with Crippen LogP contribution >= 0.6 is 0 Å². The molecule has 2 rings (SSSR count). The third-order valence-electron chi connectivity index (χ3n) is 4.35. The zero-order chi connectivity index (χ0) is 20.1. The summed E-state index contributed by atoms with van der Waals surface area (Å²) in [6.45, 7) is -0.558. The van der Waals surface area contributed by atoms with Gasteiger partial charge in [-0.25, -0.2) is 13.2 Å². The van der Waals surface area contributed by atoms with E-state index < -0.39 is 34.0 Å². The van der Waals surface area contributed by atoms with Crippen molar-refractivity contribution in [1.29, 1.82) is 5.26 Å². The monoisotopic (exact) mass is 395 g/mol. The topological polar surface area (TPSA) is 126 Å². The summed E-state index contributed by atoms with van der Waals surface area (Å²) in [6, 6.07) is 7.32. The molecule has 1 aromatic carbocycles. The number of rotatable bonds is 7. The van der Waals surface area contributed by atoms with Crippen LogP contribution in [0.4, 0.5) is 0 Å². The van der Waals surface area contributed by atoms with E-state index in [1.54, 1.807) is 0 Å². The van der Waals surface area contributed by atoms with Crippen molar-refractivity contribution >= 4 is 21.9 Å². The lowest BCUT2D eigenvalue weighted by atomic mass is 10.00. The van der Waals surface area contributed by atoms with Gasteiger partial charge in [-0.2, -0.15) is 5.26 Å². The average Bonchev–Trinajstić information content (AvgIpc) is 3.14. The van der Waals surface area contributed by atoms with Gasteiger partial charge < -0.3 is 10.1 Å². The van der Waals surface area contributed by atoms with Crippen molar-refractivity contribution in [2.75, 3.05) is 20.8 Å². The van der Waals surface area contributed by atoms with Gasteiger partial charge in [0.2, 0.25) is 0 Å². The van der Waals surface area contributed by atoms with Gasteiger partial charge in [0, 0.05) is 7.05 Å². The lowest BCUT2D eigenvalue weighted by Gasteiger charge is -2.21. The lowest BCUT2D eigenvalue weighted by Crippen LogP contribution is -2.46. The predicted molar refractivity (Wildman–Crippen MR) is 93.6 cm³/mol. The molecular formula is C17H21N3O6S. The maximum Gasteiger partial charge on any atom is 0.338 e. The van der Waals surface area contributed by atoms with Crippen molar-refractivity contribution < 1.29 is 27.6 Å². The zero-order valence-corrected chi connectivity index (χ0v) is 15.9. The van der Waals surface area contributed by atoms with E-state index in [2.05, 4.69) is 16.2 Å². The molecule has 0 aromatic heterocycles. The molecule has 1 aliphatic carbocycles. The molecule has 0 radical (unpaired) electrons. The van der Waals surface area contributed by atoms with Crippen molar-refractivity contribution in [3.05, 3.63) is 29.8 Å². The number of hydroxylamine groups is 1. The number of benzene rings is 1. The molecule has 1 amide bonds. The van der Waals surface area contributed by atoms with E-state index >= 15 is 0 Å². The molecule has 0 heterocycles. The van der Waals surface area contributed by atoms with Crippen LogP contribution in [0.1, 0.15) is 36.0 Å². The summed E-state index contributed by atoms with van der Waals surface area (Å²) in [5, 5.41) is 11.9. The second-order valence-corrected chi connectivity index (χ2v) is 8.09. The Morgan fingerprint density at radius 2 is 2.00 bits per heavy atom. The first-order chi connectivity index (χ1) is 12.7. The predicted octanol–water partition coefficient (Wildman–Crippen LogP) is 0.978. The normalized spacial score (nSPS) is 15.9. The van der Waals surface area contributed by atoms with Crippen LogP contribution in [0.15, 0.2) is 29.2 Å². The van der Waals surface area contributed by atoms with Crippen LogP contribution in [0.2, 0.25) is 0 Å². The smallest absolute Gasteiger partial charge is 0.338 e. The van der Waals surface area contributed by atoms with Crippen molar-refractivity contribution in [3.8, 4) is 6.07 Å². The number of hydrogen-bond acceptors (Lipinski definition) is 7. The van der Waals surface area contributed by atoms with E-state index in [0.717, 1.165) is 18.9 Å². The molecule has 1 saturated carbocycles. The van der Waals surface area contributed by atoms with Gasteiger partial charge in [0.25, 0.3) is 15.9 Å². The number of carbonyl (C=O) groups is 2. The number of nitrogens with zero attached hydrogens (tertiary/aromatic N) is 2. The summed E-state index contributed by atoms with van der Waals surface area (Å²) in [6.07, 6.45) is 2.84. The largest absolute Gasteiger partial charge is 0.452 e. The molecule has 0 bridgehead atoms. The highest BCUT2D eigenvalue weighted by molar-refractivity contribution is 7.89. The van der Waals surface area contributed by atoms with Crippen LogP contribution in [0, 0.1) is 11.3 Å². The highest BCUT2D eigenvalue weighted by Crippen LogP contribution is 2.28. The van der Waals surface area contributed by atoms with Crippen LogP contribution in [0.25, 0.3) is 0 Å². The molecule has 0 atom stereocenters. The van der Waals surface area contributed by atoms with Gasteiger partial charge in [0.15, 0.2) is 6.61 Å². The van der Waals surface area contributed by atoms with E-state index in [4.69, 9.17) is 4.74 Å². The van der Waals surface area contributed by atoms with Gasteiger partial charge in [-0.1, -0.05) is 10.5 Å². The summed E-state index contributed by atoms with van der Waals surface area (Å²) < 4.78 is 30.0. The molecule has 0 saturated heterocycles. The van der Waals surface area contributed by atoms with Gasteiger partial charge in [0.1, 0.15) is 5.54 Å². The van der Waals surface area contributed by atoms with E-state index in [9.17, 15) is 23.3 Å². The number of amides is 1. The summed E-state index contributed by atoms with van der Waals surface area (Å²) in [5.74, 6) is -1.42. The molecule has 1 fully saturated rings. The molecule has 0 unspecified atom stereocenters. The third-order valence-corrected chi connectivity index (χ3v) is 6.02. The van der Waals surface area contributed by atoms with Crippen LogP contribution in [-0.2, 0) is 24.4 Å². The van der Waals surface area contributed by atoms with Crippen LogP contribution in [0.5, 0.6) is 0 Å². The van der Waals surface area contributed by atoms with Gasteiger partial charge >= 0.3 is 5.97 Å². The molecule has 9 nitrogen and oxygen atoms in total. The summed E-state index contributed by atoms with van der Waals surface area (Å²) in [5.41, 5.74) is -0.924. The first kappa shape index (κ1) is 20.8. The van der Waals surface area contributed by atoms with Crippen molar-refractivity contribution in [3.63, 3.8) is 0 Å². The fourth-order valence-corrected chi connectivity index (χ4v) is 3.81. The third kappa shape index (κ3) is 4.82. The van der Waals surface area contributed by atoms with Crippen molar-refractivity contribution in [1.82, 2.24) is 9.79 Å². The van der Waals surface area contributed by atoms with Crippen LogP contribution in [0.3, 0.4) is 0 Å². The van der Waals surface area contributed by atoms with E-state index in [1.807, 2.05) is 0 Å². The van der Waals surface area contributed by atoms with Gasteiger partial charge in [0.05, 0.1) is 23.6 Å². The van der Waals surface area contributed by atoms with E-state index in [0.29, 0.717) is 17.3 Å². The number of nitriles is 1. The quantitative estimate of drug-likeness (QED) is 0.539. The molecule has 1 aliphatic rings. The summed E-state index contributed by atoms with van der Waals surface area (Å²) in [7, 11) is -1.49. The first-order valence-electron chi connectivity index (χ1n) is 8.26. The standard InChI is InChI=1S/C17H21N3O6S/c1-20(25-2)27(23,24)14-7-5-6-13(10-14)16(22)26-11-15(21)19-17(12-18)8-3-4-9-17/h5-7,10H,3-4,8-9,11H2,1-2H3,(H,19,21). The zero-order valence-electron chi connectivity index (χ0n) is 15.1. The van der Waals surface area contributed by atoms with E-state index in [1.165, 1.54) is 32.4 Å². The number of nitrogens with one attached hydrogen (secondary N) is 1. The maximum atomic E-state index is 12.2. The van der Waals surface area contributed by atoms with Gasteiger partial charge in [-0.05, 0) is 43.9 Å². The molecule has 0 aliphatic heterocycles. The Morgan fingerprint density at radius 1 is 1.33 bits per heavy atom. The number of esters is 1. The summed E-state index contributed by atoms with van der Waals surface area (Å²) in [4.78, 5) is 28.7. The Labute approximate surface area is 157 Å². The number of ether oxygens (including phenoxy) is 1. The molecular weight excluding hydrogens is 374 g/mol. The van der Waals surface area contributed by atoms with Gasteiger partial charge in [-0.3, -0.25) is 9.63 Å². The molecule has 0 spiro atoms. The number of carbonyl (C=O) groups excluding carboxylic acids is 2. The molecule has 10 heteroatoms. The van der Waals surface area contributed by atoms with Gasteiger partial charge in [-0.15, -0.1) is 0 Å². The molecule has 146 valence electrons. The Morgan fingerprint density at radius 3 is 2.59 bits per heavy atom. The molecule has 1 N–H and O–H groups in total. The van der Waals surface area contributed by atoms with E-state index in [-0.39, 0.29) is 10.5 Å². The Balaban J connectivity index is 2.01. The lowest BCUT2D eigenvalue weighted by molar-refractivity contribution is -0.125. The van der Waals surface area contributed by atoms with Crippen molar-refractivity contribution in [2.24, 2.45) is 0 Å². The minimum absolute atomic E-state index is 0.0239. The number of hydrogen-bond donors (Lipinski definition) is 1. The van der Waals surface area contributed by atoms with Crippen molar-refractivity contribution in [2.45, 2.75) is 36.1 Å². The minimum Gasteiger partial charge on any atom is -0.452 e. The summed E-state index contributed by atoms with van der Waals surface area (Å²) >= 11 is 0. The van der Waals surface area contributed by atoms with Crippen LogP contribution in [-0.4, -0.2) is 51.1 Å². The maximum absolute atomic E-state index is 12.2. The Kier molecular flexibility index (Phi) is 6.54. The fraction of sp³-hybridized carbons (Fsp3) is 0.471. The minimum atomic E-state index is -3.92. The highest BCUT2D eigenvalue weighted by Gasteiger charge is 2.35. The SMILES string of the molecule is CON(C)S(=O)(=O)c1cccc(C(=O)OCC(=O)NC2(C#N)CCCC2)c1. The Hall–Kier alpha value is -2.48. The second kappa shape index (κ2) is 8.47. The highest BCUT2D eigenvalue weighted by atomic mass is 32.2. The average molecular weight is 395 g/mol. The Bertz CT molecular complexity index is 856. The second-order valence-electron chi connectivity index (χ2n) is 6.15. The molecule has 1 aromatic rings. The van der Waals surface area contributed by atoms with Crippen LogP contribution < -0.4 is 5.32 Å². The number of sulfonamides is 1. The molecule has 27 heavy (non-hydrogen) atoms. The first-order valence-corrected chi connectivity index (χ1v) is 9.70. The fourth-order valence-electron chi connectivity index (χ4n) is 2.79.